The fraction of sp³-hybridized carbons (Fsp3) is 0. The van der Waals surface area contributed by atoms with E-state index >= 15 is 0 Å². The summed E-state index contributed by atoms with van der Waals surface area (Å²) in [6.45, 7) is 0. The standard InChI is InChI=1S/C24H11NO3S2/c26-22-15(23(27)17-11-28-10-16(17)22)8-12-9-20-24(29-12)25-18-6-2-1-4-13(18)14-5-3-7-19(30-20)21(14)25/h1-11H. The molecule has 0 saturated heterocycles. The Morgan fingerprint density at radius 1 is 0.867 bits per heavy atom. The number of furan rings is 1. The topological polar surface area (TPSA) is 52.2 Å². The van der Waals surface area contributed by atoms with Crippen LogP contribution in [0.2, 0.25) is 0 Å². The number of ketones is 2. The molecule has 7 rings (SSSR count). The average molecular weight is 425 g/mol. The zero-order chi connectivity index (χ0) is 20.0. The van der Waals surface area contributed by atoms with Crippen LogP contribution in [0.4, 0.5) is 0 Å². The number of rotatable bonds is 1. The van der Waals surface area contributed by atoms with Crippen LogP contribution in [-0.2, 0) is 0 Å². The third-order valence-corrected chi connectivity index (χ3v) is 7.98. The molecule has 2 aliphatic rings. The van der Waals surface area contributed by atoms with Crippen molar-refractivity contribution < 1.29 is 14.0 Å². The first-order chi connectivity index (χ1) is 14.7. The van der Waals surface area contributed by atoms with Crippen molar-refractivity contribution in [3.63, 3.8) is 0 Å². The van der Waals surface area contributed by atoms with Gasteiger partial charge < -0.3 is 4.42 Å². The predicted molar refractivity (Wildman–Crippen MR) is 118 cm³/mol. The lowest BCUT2D eigenvalue weighted by atomic mass is 10.1. The highest BCUT2D eigenvalue weighted by Gasteiger charge is 2.35. The highest BCUT2D eigenvalue weighted by Crippen LogP contribution is 2.49. The third-order valence-electron chi connectivity index (χ3n) is 5.71. The quantitative estimate of drug-likeness (QED) is 0.227. The molecule has 4 nitrogen and oxygen atoms in total. The van der Waals surface area contributed by atoms with Gasteiger partial charge in [-0.3, -0.25) is 14.2 Å². The lowest BCUT2D eigenvalue weighted by Crippen LogP contribution is -2.00. The zero-order valence-electron chi connectivity index (χ0n) is 15.3. The Bertz CT molecular complexity index is 1580. The largest absolute Gasteiger partial charge is 0.471 e. The van der Waals surface area contributed by atoms with Gasteiger partial charge in [0, 0.05) is 25.4 Å². The number of aromatic nitrogens is 1. The Kier molecular flexibility index (Phi) is 3.08. The first-order valence-corrected chi connectivity index (χ1v) is 11.1. The molecule has 0 atom stereocenters. The molecule has 0 fully saturated rings. The van der Waals surface area contributed by atoms with Crippen LogP contribution in [0.5, 0.6) is 0 Å². The Labute approximate surface area is 178 Å². The second kappa shape index (κ2) is 5.62. The van der Waals surface area contributed by atoms with Crippen LogP contribution in [0.15, 0.2) is 80.8 Å². The number of hydrogen-bond donors (Lipinski definition) is 0. The molecular formula is C24H11NO3S2. The molecule has 0 bridgehead atoms. The lowest BCUT2D eigenvalue weighted by molar-refractivity contribution is 0.0988. The van der Waals surface area contributed by atoms with Gasteiger partial charge in [0.1, 0.15) is 17.5 Å². The van der Waals surface area contributed by atoms with E-state index in [9.17, 15) is 9.59 Å². The van der Waals surface area contributed by atoms with Crippen molar-refractivity contribution in [2.75, 3.05) is 0 Å². The summed E-state index contributed by atoms with van der Waals surface area (Å²) >= 11 is 3.34. The molecule has 0 N–H and O–H groups in total. The van der Waals surface area contributed by atoms with E-state index in [1.807, 2.05) is 0 Å². The number of thiophene rings is 1. The average Bonchev–Trinajstić information content (AvgIpc) is 3.51. The van der Waals surface area contributed by atoms with E-state index in [2.05, 4.69) is 53.1 Å². The molecule has 2 aromatic carbocycles. The van der Waals surface area contributed by atoms with Gasteiger partial charge in [-0.25, -0.2) is 0 Å². The summed E-state index contributed by atoms with van der Waals surface area (Å²) in [5.74, 6) is -0.528. The minimum atomic E-state index is -0.264. The predicted octanol–water partition coefficient (Wildman–Crippen LogP) is 6.37. The summed E-state index contributed by atoms with van der Waals surface area (Å²) in [5, 5.41) is 3.59. The molecule has 6 heteroatoms. The van der Waals surface area contributed by atoms with Crippen LogP contribution in [0.25, 0.3) is 32.9 Å². The number of hydrogen-bond acceptors (Lipinski definition) is 5. The van der Waals surface area contributed by atoms with Crippen LogP contribution in [0, 0.1) is 0 Å². The lowest BCUT2D eigenvalue weighted by Gasteiger charge is -2.15. The van der Waals surface area contributed by atoms with Crippen molar-refractivity contribution in [2.45, 2.75) is 9.79 Å². The summed E-state index contributed by atoms with van der Waals surface area (Å²) in [6.07, 6.45) is 4.43. The highest BCUT2D eigenvalue weighted by molar-refractivity contribution is 8.00. The number of carbonyl (C=O) groups excluding carboxylic acids is 2. The maximum absolute atomic E-state index is 12.6. The Hall–Kier alpha value is -3.35. The van der Waals surface area contributed by atoms with Gasteiger partial charge in [-0.05, 0) is 24.3 Å². The summed E-state index contributed by atoms with van der Waals surface area (Å²) in [4.78, 5) is 28.5. The molecular weight excluding hydrogens is 414 g/mol. The van der Waals surface area contributed by atoms with Gasteiger partial charge in [-0.15, -0.1) is 11.3 Å². The first kappa shape index (κ1) is 16.4. The first-order valence-electron chi connectivity index (χ1n) is 9.42. The van der Waals surface area contributed by atoms with Gasteiger partial charge in [0.05, 0.1) is 27.7 Å². The fourth-order valence-corrected chi connectivity index (χ4v) is 6.78. The van der Waals surface area contributed by atoms with Crippen LogP contribution in [-0.4, -0.2) is 16.1 Å². The zero-order valence-corrected chi connectivity index (χ0v) is 17.0. The fourth-order valence-electron chi connectivity index (χ4n) is 4.40. The molecule has 0 unspecified atom stereocenters. The second-order valence-corrected chi connectivity index (χ2v) is 9.49. The van der Waals surface area contributed by atoms with E-state index in [0.29, 0.717) is 11.1 Å². The number of carbonyl (C=O) groups is 2. The SMILES string of the molecule is O=C1C(=Cc2cc3c(s2)-n2c4ccccc4c4cccc(c42)S3)C(=O)c2cocc21. The summed E-state index contributed by atoms with van der Waals surface area (Å²) in [7, 11) is 0. The minimum absolute atomic E-state index is 0.208. The molecule has 142 valence electrons. The number of Topliss-reactive ketones (excluding diaryl/α,β-unsaturated/α-hetero) is 2. The number of para-hydroxylation sites is 2. The van der Waals surface area contributed by atoms with Crippen LogP contribution < -0.4 is 0 Å². The van der Waals surface area contributed by atoms with E-state index in [-0.39, 0.29) is 17.1 Å². The van der Waals surface area contributed by atoms with Gasteiger partial charge >= 0.3 is 0 Å². The van der Waals surface area contributed by atoms with Gasteiger partial charge in [0.2, 0.25) is 11.6 Å². The number of allylic oxidation sites excluding steroid dienone is 1. The van der Waals surface area contributed by atoms with Gasteiger partial charge in [-0.1, -0.05) is 42.1 Å². The molecule has 0 saturated carbocycles. The third kappa shape index (κ3) is 1.97. The van der Waals surface area contributed by atoms with Gasteiger partial charge in [0.15, 0.2) is 0 Å². The van der Waals surface area contributed by atoms with Crippen LogP contribution >= 0.6 is 23.1 Å². The number of nitrogens with zero attached hydrogens (tertiary/aromatic N) is 1. The number of benzene rings is 2. The maximum atomic E-state index is 12.6. The van der Waals surface area contributed by atoms with Crippen LogP contribution in [0.3, 0.4) is 0 Å². The summed E-state index contributed by atoms with van der Waals surface area (Å²) in [5.41, 5.74) is 3.30. The van der Waals surface area contributed by atoms with Crippen LogP contribution in [0.1, 0.15) is 25.6 Å². The molecule has 3 aromatic heterocycles. The molecule has 30 heavy (non-hydrogen) atoms. The van der Waals surface area contributed by atoms with E-state index in [4.69, 9.17) is 4.42 Å². The summed E-state index contributed by atoms with van der Waals surface area (Å²) < 4.78 is 7.33. The van der Waals surface area contributed by atoms with Crippen molar-refractivity contribution >= 4 is 62.5 Å². The van der Waals surface area contributed by atoms with Crippen molar-refractivity contribution in [3.8, 4) is 5.00 Å². The number of fused-ring (bicyclic) bond motifs is 6. The monoisotopic (exact) mass is 425 g/mol. The normalized spacial score (nSPS) is 14.6. The Morgan fingerprint density at radius 2 is 1.63 bits per heavy atom. The Balaban J connectivity index is 1.45. The second-order valence-electron chi connectivity index (χ2n) is 7.34. The molecule has 0 amide bonds. The van der Waals surface area contributed by atoms with Crippen molar-refractivity contribution in [2.24, 2.45) is 0 Å². The van der Waals surface area contributed by atoms with E-state index < -0.39 is 0 Å². The van der Waals surface area contributed by atoms with E-state index in [1.165, 1.54) is 33.7 Å². The highest BCUT2D eigenvalue weighted by atomic mass is 32.2. The van der Waals surface area contributed by atoms with E-state index in [0.717, 1.165) is 20.3 Å². The van der Waals surface area contributed by atoms with Crippen molar-refractivity contribution in [1.82, 2.24) is 4.57 Å². The van der Waals surface area contributed by atoms with Crippen molar-refractivity contribution in [3.05, 3.63) is 82.6 Å². The van der Waals surface area contributed by atoms with E-state index in [1.54, 1.807) is 29.2 Å². The Morgan fingerprint density at radius 3 is 2.47 bits per heavy atom. The van der Waals surface area contributed by atoms with Crippen molar-refractivity contribution in [1.29, 1.82) is 0 Å². The maximum Gasteiger partial charge on any atom is 0.201 e. The molecule has 5 aromatic rings. The molecule has 1 aliphatic carbocycles. The minimum Gasteiger partial charge on any atom is -0.471 e. The molecule has 1 aliphatic heterocycles. The molecule has 4 heterocycles. The van der Waals surface area contributed by atoms with Gasteiger partial charge in [0.25, 0.3) is 0 Å². The smallest absolute Gasteiger partial charge is 0.201 e. The summed E-state index contributed by atoms with van der Waals surface area (Å²) in [6, 6.07) is 16.9. The molecule has 0 radical (unpaired) electrons. The van der Waals surface area contributed by atoms with Gasteiger partial charge in [-0.2, -0.15) is 0 Å². The molecule has 0 spiro atoms.